The first kappa shape index (κ1) is 11.7. The molecule has 2 aliphatic carbocycles. The van der Waals surface area contributed by atoms with E-state index in [1.165, 1.54) is 44.9 Å². The van der Waals surface area contributed by atoms with E-state index in [2.05, 4.69) is 11.6 Å². The topological polar surface area (TPSA) is 32.3 Å². The largest absolute Gasteiger partial charge is 0.394 e. The second-order valence-electron chi connectivity index (χ2n) is 5.10. The van der Waals surface area contributed by atoms with Gasteiger partial charge in [0.25, 0.3) is 0 Å². The van der Waals surface area contributed by atoms with E-state index in [9.17, 15) is 5.11 Å². The number of rotatable bonds is 4. The Bertz CT molecular complexity index is 200. The van der Waals surface area contributed by atoms with Crippen molar-refractivity contribution in [3.8, 4) is 0 Å². The Morgan fingerprint density at radius 2 is 2.00 bits per heavy atom. The van der Waals surface area contributed by atoms with Crippen LogP contribution in [0.25, 0.3) is 0 Å². The van der Waals surface area contributed by atoms with Gasteiger partial charge < -0.3 is 10.4 Å². The summed E-state index contributed by atoms with van der Waals surface area (Å²) in [4.78, 5) is 0. The Hall–Kier alpha value is 0.270. The summed E-state index contributed by atoms with van der Waals surface area (Å²) < 4.78 is 0. The first-order chi connectivity index (χ1) is 7.29. The highest BCUT2D eigenvalue weighted by Crippen LogP contribution is 2.35. The van der Waals surface area contributed by atoms with E-state index in [4.69, 9.17) is 0 Å². The highest BCUT2D eigenvalue weighted by Gasteiger charge is 2.39. The van der Waals surface area contributed by atoms with Crippen molar-refractivity contribution in [2.45, 2.75) is 61.8 Å². The summed E-state index contributed by atoms with van der Waals surface area (Å²) >= 11 is 2.00. The summed E-state index contributed by atoms with van der Waals surface area (Å²) in [7, 11) is 0. The van der Waals surface area contributed by atoms with Crippen molar-refractivity contribution in [2.75, 3.05) is 12.9 Å². The molecule has 0 amide bonds. The van der Waals surface area contributed by atoms with Crippen molar-refractivity contribution in [1.82, 2.24) is 5.32 Å². The van der Waals surface area contributed by atoms with E-state index in [0.717, 1.165) is 5.25 Å². The molecule has 2 aliphatic rings. The van der Waals surface area contributed by atoms with Crippen LogP contribution in [0.2, 0.25) is 0 Å². The lowest BCUT2D eigenvalue weighted by molar-refractivity contribution is 0.0717. The zero-order chi connectivity index (χ0) is 10.7. The van der Waals surface area contributed by atoms with Gasteiger partial charge >= 0.3 is 0 Å². The molecule has 2 saturated carbocycles. The molecule has 0 spiro atoms. The number of aliphatic hydroxyl groups excluding tert-OH is 1. The fraction of sp³-hybridized carbons (Fsp3) is 1.00. The summed E-state index contributed by atoms with van der Waals surface area (Å²) in [6, 6.07) is 0.640. The third kappa shape index (κ3) is 2.51. The molecule has 0 aromatic heterocycles. The second kappa shape index (κ2) is 5.07. The number of hydrogen-bond donors (Lipinski definition) is 2. The van der Waals surface area contributed by atoms with Gasteiger partial charge in [-0.05, 0) is 38.4 Å². The van der Waals surface area contributed by atoms with Crippen LogP contribution in [0, 0.1) is 0 Å². The van der Waals surface area contributed by atoms with Gasteiger partial charge in [0, 0.05) is 16.8 Å². The van der Waals surface area contributed by atoms with Crippen molar-refractivity contribution in [3.63, 3.8) is 0 Å². The monoisotopic (exact) mass is 229 g/mol. The molecule has 0 radical (unpaired) electrons. The summed E-state index contributed by atoms with van der Waals surface area (Å²) in [5.74, 6) is 0. The molecule has 88 valence electrons. The maximum Gasteiger partial charge on any atom is 0.0613 e. The minimum absolute atomic E-state index is 0.0932. The van der Waals surface area contributed by atoms with Crippen molar-refractivity contribution in [3.05, 3.63) is 0 Å². The zero-order valence-electron chi connectivity index (χ0n) is 9.67. The third-order valence-corrected chi connectivity index (χ3v) is 5.28. The number of nitrogens with one attached hydrogen (secondary N) is 1. The van der Waals surface area contributed by atoms with E-state index in [1.54, 1.807) is 0 Å². The standard InChI is InChI=1S/C12H23NOS/c1-15-11-6-3-2-5-10(11)13-12(9-14)7-4-8-12/h10-11,13-14H,2-9H2,1H3. The summed E-state index contributed by atoms with van der Waals surface area (Å²) in [6.45, 7) is 0.324. The van der Waals surface area contributed by atoms with E-state index in [-0.39, 0.29) is 5.54 Å². The summed E-state index contributed by atoms with van der Waals surface area (Å²) in [5.41, 5.74) is 0.0932. The van der Waals surface area contributed by atoms with Gasteiger partial charge in [0.05, 0.1) is 6.61 Å². The average Bonchev–Trinajstić information content (AvgIpc) is 2.24. The minimum atomic E-state index is 0.0932. The molecule has 0 aromatic rings. The normalized spacial score (nSPS) is 34.8. The molecule has 2 rings (SSSR count). The van der Waals surface area contributed by atoms with Crippen LogP contribution in [0.15, 0.2) is 0 Å². The number of aliphatic hydroxyl groups is 1. The van der Waals surface area contributed by atoms with Crippen LogP contribution in [-0.2, 0) is 0 Å². The van der Waals surface area contributed by atoms with Crippen LogP contribution in [0.5, 0.6) is 0 Å². The molecular weight excluding hydrogens is 206 g/mol. The van der Waals surface area contributed by atoms with Crippen LogP contribution in [-0.4, -0.2) is 34.8 Å². The minimum Gasteiger partial charge on any atom is -0.394 e. The average molecular weight is 229 g/mol. The summed E-state index contributed by atoms with van der Waals surface area (Å²) in [5, 5.41) is 14.0. The van der Waals surface area contributed by atoms with Crippen molar-refractivity contribution in [1.29, 1.82) is 0 Å². The van der Waals surface area contributed by atoms with Crippen LogP contribution in [0.4, 0.5) is 0 Å². The molecule has 0 bridgehead atoms. The van der Waals surface area contributed by atoms with Crippen molar-refractivity contribution >= 4 is 11.8 Å². The lowest BCUT2D eigenvalue weighted by Gasteiger charge is -2.46. The molecule has 2 atom stereocenters. The fourth-order valence-corrected chi connectivity index (χ4v) is 3.82. The van der Waals surface area contributed by atoms with Gasteiger partial charge in [0.2, 0.25) is 0 Å². The van der Waals surface area contributed by atoms with Gasteiger partial charge in [0.1, 0.15) is 0 Å². The molecule has 2 N–H and O–H groups in total. The molecule has 0 aromatic carbocycles. The van der Waals surface area contributed by atoms with Crippen LogP contribution >= 0.6 is 11.8 Å². The molecule has 0 saturated heterocycles. The van der Waals surface area contributed by atoms with Gasteiger partial charge in [-0.1, -0.05) is 12.8 Å². The Labute approximate surface area is 97.2 Å². The Balaban J connectivity index is 1.90. The van der Waals surface area contributed by atoms with E-state index >= 15 is 0 Å². The van der Waals surface area contributed by atoms with Crippen molar-refractivity contribution < 1.29 is 5.11 Å². The first-order valence-electron chi connectivity index (χ1n) is 6.21. The fourth-order valence-electron chi connectivity index (χ4n) is 2.89. The Morgan fingerprint density at radius 3 is 2.53 bits per heavy atom. The first-order valence-corrected chi connectivity index (χ1v) is 7.50. The van der Waals surface area contributed by atoms with Crippen molar-refractivity contribution in [2.24, 2.45) is 0 Å². The van der Waals surface area contributed by atoms with Gasteiger partial charge in [-0.2, -0.15) is 11.8 Å². The van der Waals surface area contributed by atoms with Gasteiger partial charge in [-0.3, -0.25) is 0 Å². The van der Waals surface area contributed by atoms with Crippen LogP contribution < -0.4 is 5.32 Å². The van der Waals surface area contributed by atoms with E-state index < -0.39 is 0 Å². The van der Waals surface area contributed by atoms with Crippen LogP contribution in [0.3, 0.4) is 0 Å². The third-order valence-electron chi connectivity index (χ3n) is 4.11. The Morgan fingerprint density at radius 1 is 1.27 bits per heavy atom. The molecule has 15 heavy (non-hydrogen) atoms. The van der Waals surface area contributed by atoms with E-state index in [0.29, 0.717) is 12.6 Å². The highest BCUT2D eigenvalue weighted by atomic mass is 32.2. The maximum atomic E-state index is 9.46. The quantitative estimate of drug-likeness (QED) is 0.775. The SMILES string of the molecule is CSC1CCCCC1NC1(CO)CCC1. The predicted octanol–water partition coefficient (Wildman–Crippen LogP) is 2.17. The lowest BCUT2D eigenvalue weighted by Crippen LogP contribution is -2.60. The van der Waals surface area contributed by atoms with Gasteiger partial charge in [0.15, 0.2) is 0 Å². The van der Waals surface area contributed by atoms with E-state index in [1.807, 2.05) is 11.8 Å². The smallest absolute Gasteiger partial charge is 0.0613 e. The molecule has 0 heterocycles. The number of hydrogen-bond acceptors (Lipinski definition) is 3. The van der Waals surface area contributed by atoms with Crippen LogP contribution in [0.1, 0.15) is 44.9 Å². The van der Waals surface area contributed by atoms with Gasteiger partial charge in [-0.15, -0.1) is 0 Å². The molecule has 3 heteroatoms. The van der Waals surface area contributed by atoms with Gasteiger partial charge in [-0.25, -0.2) is 0 Å². The molecule has 2 unspecified atom stereocenters. The molecule has 2 fully saturated rings. The predicted molar refractivity (Wildman–Crippen MR) is 66.4 cm³/mol. The zero-order valence-corrected chi connectivity index (χ0v) is 10.5. The lowest BCUT2D eigenvalue weighted by atomic mass is 9.76. The Kier molecular flexibility index (Phi) is 3.97. The highest BCUT2D eigenvalue weighted by molar-refractivity contribution is 7.99. The molecule has 2 nitrogen and oxygen atoms in total. The summed E-state index contributed by atoms with van der Waals surface area (Å²) in [6.07, 6.45) is 11.2. The second-order valence-corrected chi connectivity index (χ2v) is 6.18. The number of thioether (sulfide) groups is 1. The maximum absolute atomic E-state index is 9.46. The molecule has 0 aliphatic heterocycles. The molecular formula is C12H23NOS.